The summed E-state index contributed by atoms with van der Waals surface area (Å²) >= 11 is 6.18. The van der Waals surface area contributed by atoms with Gasteiger partial charge in [0.25, 0.3) is 0 Å². The minimum absolute atomic E-state index is 0.120. The molecule has 11 nitrogen and oxygen atoms in total. The molecule has 1 aliphatic heterocycles. The Morgan fingerprint density at radius 2 is 2.00 bits per heavy atom. The van der Waals surface area contributed by atoms with E-state index in [4.69, 9.17) is 21.1 Å². The molecule has 0 bridgehead atoms. The van der Waals surface area contributed by atoms with E-state index in [0.29, 0.717) is 29.6 Å². The predicted octanol–water partition coefficient (Wildman–Crippen LogP) is 1.59. The molecule has 0 saturated carbocycles. The zero-order valence-electron chi connectivity index (χ0n) is 17.6. The van der Waals surface area contributed by atoms with Crippen molar-refractivity contribution in [2.75, 3.05) is 25.1 Å². The second-order valence-electron chi connectivity index (χ2n) is 8.28. The topological polar surface area (TPSA) is 117 Å². The molecule has 164 valence electrons. The Kier molecular flexibility index (Phi) is 5.29. The molecule has 0 N–H and O–H groups in total. The van der Waals surface area contributed by atoms with E-state index < -0.39 is 11.6 Å². The van der Waals surface area contributed by atoms with Crippen LogP contribution in [0.25, 0.3) is 5.65 Å². The highest BCUT2D eigenvalue weighted by Gasteiger charge is 2.35. The first-order chi connectivity index (χ1) is 14.6. The van der Waals surface area contributed by atoms with Gasteiger partial charge in [0.15, 0.2) is 16.5 Å². The number of ether oxygens (including phenoxy) is 2. The molecule has 1 fully saturated rings. The van der Waals surface area contributed by atoms with E-state index in [1.165, 1.54) is 18.0 Å². The fourth-order valence-corrected chi connectivity index (χ4v) is 3.43. The van der Waals surface area contributed by atoms with Crippen molar-refractivity contribution < 1.29 is 19.1 Å². The number of rotatable bonds is 5. The average molecular weight is 448 g/mol. The fraction of sp³-hybridized carbons (Fsp3) is 0.474. The summed E-state index contributed by atoms with van der Waals surface area (Å²) in [5.74, 6) is -0.946. The summed E-state index contributed by atoms with van der Waals surface area (Å²) in [6.45, 7) is 6.68. The first-order valence-corrected chi connectivity index (χ1v) is 10.0. The molecule has 0 spiro atoms. The number of carbonyl (C=O) groups is 2. The van der Waals surface area contributed by atoms with Crippen LogP contribution in [0.15, 0.2) is 18.5 Å². The maximum Gasteiger partial charge on any atom is 0.361 e. The van der Waals surface area contributed by atoms with Gasteiger partial charge in [-0.15, -0.1) is 5.10 Å². The fourth-order valence-electron chi connectivity index (χ4n) is 3.24. The minimum Gasteiger partial charge on any atom is -0.469 e. The van der Waals surface area contributed by atoms with Crippen molar-refractivity contribution in [3.05, 3.63) is 35.0 Å². The largest absolute Gasteiger partial charge is 0.469 e. The number of halogens is 1. The van der Waals surface area contributed by atoms with Gasteiger partial charge in [-0.3, -0.25) is 4.79 Å². The lowest BCUT2D eigenvalue weighted by Crippen LogP contribution is -2.51. The standard InChI is InChI=1S/C19H22ClN7O4/c1-19(2,3)31-18(29)13-10-26(24-22-13)8-12-9-27-16(21-12)14(5-15(20)23-27)25-6-11(7-25)17(28)30-4/h5,9-11H,6-8H2,1-4H3. The lowest BCUT2D eigenvalue weighted by atomic mass is 10.00. The van der Waals surface area contributed by atoms with Crippen LogP contribution in [0.2, 0.25) is 5.15 Å². The van der Waals surface area contributed by atoms with Crippen molar-refractivity contribution in [1.82, 2.24) is 29.6 Å². The van der Waals surface area contributed by atoms with Crippen LogP contribution in [0.4, 0.5) is 5.69 Å². The van der Waals surface area contributed by atoms with E-state index in [-0.39, 0.29) is 24.1 Å². The number of aromatic nitrogens is 6. The quantitative estimate of drug-likeness (QED) is 0.537. The first-order valence-electron chi connectivity index (χ1n) is 9.64. The highest BCUT2D eigenvalue weighted by Crippen LogP contribution is 2.30. The average Bonchev–Trinajstić information content (AvgIpc) is 3.25. The van der Waals surface area contributed by atoms with Crippen LogP contribution in [0.1, 0.15) is 37.0 Å². The molecule has 12 heteroatoms. The highest BCUT2D eigenvalue weighted by atomic mass is 35.5. The van der Waals surface area contributed by atoms with Gasteiger partial charge in [-0.05, 0) is 20.8 Å². The monoisotopic (exact) mass is 447 g/mol. The SMILES string of the molecule is COC(=O)C1CN(c2cc(Cl)nn3cc(Cn4cc(C(=O)OC(C)(C)C)nn4)nc23)C1. The van der Waals surface area contributed by atoms with Crippen molar-refractivity contribution in [2.45, 2.75) is 32.9 Å². The molecule has 0 amide bonds. The number of carbonyl (C=O) groups excluding carboxylic acids is 2. The number of esters is 2. The lowest BCUT2D eigenvalue weighted by molar-refractivity contribution is -0.146. The molecule has 31 heavy (non-hydrogen) atoms. The minimum atomic E-state index is -0.618. The van der Waals surface area contributed by atoms with E-state index in [2.05, 4.69) is 20.4 Å². The van der Waals surface area contributed by atoms with Crippen molar-refractivity contribution in [2.24, 2.45) is 5.92 Å². The molecule has 0 atom stereocenters. The van der Waals surface area contributed by atoms with Crippen LogP contribution in [-0.2, 0) is 20.8 Å². The smallest absolute Gasteiger partial charge is 0.361 e. The Morgan fingerprint density at radius 1 is 1.26 bits per heavy atom. The second-order valence-corrected chi connectivity index (χ2v) is 8.67. The van der Waals surface area contributed by atoms with Gasteiger partial charge in [-0.25, -0.2) is 19.0 Å². The van der Waals surface area contributed by atoms with Gasteiger partial charge >= 0.3 is 11.9 Å². The lowest BCUT2D eigenvalue weighted by Gasteiger charge is -2.39. The number of hydrogen-bond acceptors (Lipinski definition) is 9. The van der Waals surface area contributed by atoms with E-state index >= 15 is 0 Å². The molecule has 4 rings (SSSR count). The van der Waals surface area contributed by atoms with Crippen LogP contribution in [0.5, 0.6) is 0 Å². The number of anilines is 1. The maximum atomic E-state index is 12.1. The van der Waals surface area contributed by atoms with Gasteiger partial charge in [-0.1, -0.05) is 16.8 Å². The van der Waals surface area contributed by atoms with Crippen molar-refractivity contribution >= 4 is 34.9 Å². The van der Waals surface area contributed by atoms with Crippen molar-refractivity contribution in [1.29, 1.82) is 0 Å². The van der Waals surface area contributed by atoms with E-state index in [0.717, 1.165) is 5.69 Å². The Balaban J connectivity index is 1.53. The Bertz CT molecular complexity index is 1140. The molecule has 0 radical (unpaired) electrons. The second kappa shape index (κ2) is 7.80. The molecule has 0 aliphatic carbocycles. The molecule has 0 aromatic carbocycles. The van der Waals surface area contributed by atoms with Gasteiger partial charge in [0.1, 0.15) is 5.60 Å². The van der Waals surface area contributed by atoms with Gasteiger partial charge in [0.05, 0.1) is 43.3 Å². The maximum absolute atomic E-state index is 12.1. The van der Waals surface area contributed by atoms with Gasteiger partial charge in [-0.2, -0.15) is 5.10 Å². The summed E-state index contributed by atoms with van der Waals surface area (Å²) in [5.41, 5.74) is 1.54. The van der Waals surface area contributed by atoms with Gasteiger partial charge in [0, 0.05) is 19.2 Å². The summed E-state index contributed by atoms with van der Waals surface area (Å²) in [7, 11) is 1.38. The number of nitrogens with zero attached hydrogens (tertiary/aromatic N) is 7. The summed E-state index contributed by atoms with van der Waals surface area (Å²) in [4.78, 5) is 30.4. The Morgan fingerprint density at radius 3 is 2.68 bits per heavy atom. The number of fused-ring (bicyclic) bond motifs is 1. The zero-order chi connectivity index (χ0) is 22.3. The third-order valence-corrected chi connectivity index (χ3v) is 4.84. The Hall–Kier alpha value is -3.21. The van der Waals surface area contributed by atoms with Crippen LogP contribution < -0.4 is 4.90 Å². The summed E-state index contributed by atoms with van der Waals surface area (Å²) in [5, 5.41) is 12.4. The molecule has 3 aromatic heterocycles. The van der Waals surface area contributed by atoms with Crippen LogP contribution in [0.3, 0.4) is 0 Å². The third-order valence-electron chi connectivity index (χ3n) is 4.65. The van der Waals surface area contributed by atoms with E-state index in [1.807, 2.05) is 4.90 Å². The molecule has 3 aromatic rings. The Labute approximate surface area is 182 Å². The molecular formula is C19H22ClN7O4. The van der Waals surface area contributed by atoms with Crippen LogP contribution in [0, 0.1) is 5.92 Å². The molecule has 4 heterocycles. The third kappa shape index (κ3) is 4.46. The number of methoxy groups -OCH3 is 1. The van der Waals surface area contributed by atoms with E-state index in [9.17, 15) is 9.59 Å². The van der Waals surface area contributed by atoms with Crippen molar-refractivity contribution in [3.63, 3.8) is 0 Å². The van der Waals surface area contributed by atoms with Crippen LogP contribution >= 0.6 is 11.6 Å². The van der Waals surface area contributed by atoms with Crippen LogP contribution in [-0.4, -0.2) is 67.3 Å². The van der Waals surface area contributed by atoms with E-state index in [1.54, 1.807) is 37.5 Å². The predicted molar refractivity (Wildman–Crippen MR) is 110 cm³/mol. The zero-order valence-corrected chi connectivity index (χ0v) is 18.3. The molecular weight excluding hydrogens is 426 g/mol. The first kappa shape index (κ1) is 21.0. The molecule has 0 unspecified atom stereocenters. The molecule has 1 aliphatic rings. The number of hydrogen-bond donors (Lipinski definition) is 0. The number of imidazole rings is 1. The molecule has 1 saturated heterocycles. The summed E-state index contributed by atoms with van der Waals surface area (Å²) in [6, 6.07) is 1.72. The summed E-state index contributed by atoms with van der Waals surface area (Å²) in [6.07, 6.45) is 3.24. The van der Waals surface area contributed by atoms with Gasteiger partial charge in [0.2, 0.25) is 0 Å². The van der Waals surface area contributed by atoms with Crippen molar-refractivity contribution in [3.8, 4) is 0 Å². The normalized spacial score (nSPS) is 14.5. The van der Waals surface area contributed by atoms with Gasteiger partial charge < -0.3 is 14.4 Å². The highest BCUT2D eigenvalue weighted by molar-refractivity contribution is 6.29. The summed E-state index contributed by atoms with van der Waals surface area (Å²) < 4.78 is 13.2.